The highest BCUT2D eigenvalue weighted by Crippen LogP contribution is 2.15. The summed E-state index contributed by atoms with van der Waals surface area (Å²) in [5, 5.41) is 15.2. The molecular formula is C29H33N3O6. The average Bonchev–Trinajstić information content (AvgIpc) is 2.85. The van der Waals surface area contributed by atoms with E-state index in [0.29, 0.717) is 18.4 Å². The molecule has 0 saturated carbocycles. The summed E-state index contributed by atoms with van der Waals surface area (Å²) < 4.78 is 5.17. The Bertz CT molecular complexity index is 1290. The van der Waals surface area contributed by atoms with E-state index in [1.807, 2.05) is 60.7 Å². The van der Waals surface area contributed by atoms with Crippen LogP contribution in [-0.2, 0) is 32.0 Å². The molecule has 1 aromatic heterocycles. The number of carboxylic acids is 1. The van der Waals surface area contributed by atoms with Crippen molar-refractivity contribution in [3.63, 3.8) is 0 Å². The molecule has 0 spiro atoms. The van der Waals surface area contributed by atoms with E-state index in [1.54, 1.807) is 27.0 Å². The number of ether oxygens (including phenoxy) is 1. The number of rotatable bonds is 11. The van der Waals surface area contributed by atoms with Crippen LogP contribution in [0.3, 0.4) is 0 Å². The third kappa shape index (κ3) is 8.99. The molecule has 3 rings (SSSR count). The maximum Gasteiger partial charge on any atom is 0.408 e. The van der Waals surface area contributed by atoms with Crippen LogP contribution in [0, 0.1) is 0 Å². The smallest absolute Gasteiger partial charge is 0.408 e. The molecule has 3 N–H and O–H groups in total. The Labute approximate surface area is 221 Å². The number of hydrogen-bond donors (Lipinski definition) is 3. The number of hydrogen-bond acceptors (Lipinski definition) is 6. The lowest BCUT2D eigenvalue weighted by Gasteiger charge is -2.24. The third-order valence-electron chi connectivity index (χ3n) is 5.68. The lowest BCUT2D eigenvalue weighted by atomic mass is 9.97. The fraction of sp³-hybridized carbons (Fsp3) is 0.345. The van der Waals surface area contributed by atoms with Crippen molar-refractivity contribution in [3.05, 3.63) is 78.0 Å². The minimum atomic E-state index is -1.42. The number of para-hydroxylation sites is 1. The van der Waals surface area contributed by atoms with Gasteiger partial charge in [0.2, 0.25) is 5.91 Å². The number of nitrogens with one attached hydrogen (secondary N) is 2. The van der Waals surface area contributed by atoms with Crippen molar-refractivity contribution in [1.29, 1.82) is 0 Å². The van der Waals surface area contributed by atoms with Crippen LogP contribution in [0.4, 0.5) is 4.79 Å². The lowest BCUT2D eigenvalue weighted by Crippen LogP contribution is -2.53. The van der Waals surface area contributed by atoms with Gasteiger partial charge in [0.15, 0.2) is 5.78 Å². The number of amides is 2. The largest absolute Gasteiger partial charge is 0.481 e. The zero-order valence-corrected chi connectivity index (χ0v) is 21.8. The van der Waals surface area contributed by atoms with Gasteiger partial charge in [-0.05, 0) is 56.9 Å². The number of ketones is 1. The first kappa shape index (κ1) is 28.3. The number of carboxylic acid groups (broad SMARTS) is 1. The van der Waals surface area contributed by atoms with E-state index >= 15 is 0 Å². The van der Waals surface area contributed by atoms with Crippen LogP contribution in [0.15, 0.2) is 66.9 Å². The number of aromatic nitrogens is 1. The number of fused-ring (bicyclic) bond motifs is 1. The maximum absolute atomic E-state index is 13.4. The first-order chi connectivity index (χ1) is 18.0. The molecule has 0 aliphatic rings. The number of pyridine rings is 1. The first-order valence-corrected chi connectivity index (χ1v) is 12.4. The molecule has 0 radical (unpaired) electrons. The molecule has 38 heavy (non-hydrogen) atoms. The van der Waals surface area contributed by atoms with Crippen LogP contribution in [0.25, 0.3) is 10.9 Å². The van der Waals surface area contributed by atoms with Crippen LogP contribution in [0.5, 0.6) is 0 Å². The molecule has 1 heterocycles. The summed E-state index contributed by atoms with van der Waals surface area (Å²) in [5.74, 6) is -2.31. The first-order valence-electron chi connectivity index (χ1n) is 12.4. The monoisotopic (exact) mass is 519 g/mol. The topological polar surface area (TPSA) is 135 Å². The molecule has 0 bridgehead atoms. The summed E-state index contributed by atoms with van der Waals surface area (Å²) in [5.41, 5.74) is 1.65. The van der Waals surface area contributed by atoms with Crippen molar-refractivity contribution in [1.82, 2.24) is 15.6 Å². The maximum atomic E-state index is 13.4. The number of nitrogens with zero attached hydrogens (tertiary/aromatic N) is 1. The van der Waals surface area contributed by atoms with Gasteiger partial charge in [-0.2, -0.15) is 0 Å². The molecule has 3 aromatic rings. The minimum absolute atomic E-state index is 0.0284. The summed E-state index contributed by atoms with van der Waals surface area (Å²) in [6.45, 7) is 4.95. The third-order valence-corrected chi connectivity index (χ3v) is 5.68. The number of alkyl carbamates (subject to hydrolysis) is 1. The predicted molar refractivity (Wildman–Crippen MR) is 143 cm³/mol. The SMILES string of the molecule is CC(C)(C)OC(=O)N[C@@H](CC(=O)O)C(=O)N[C@H](CCc1ccccc1)C(=O)Cc1cnc2ccccc2c1. The molecular weight excluding hydrogens is 486 g/mol. The van der Waals surface area contributed by atoms with E-state index in [1.165, 1.54) is 0 Å². The second-order valence-electron chi connectivity index (χ2n) is 10.1. The Morgan fingerprint density at radius 3 is 2.29 bits per heavy atom. The van der Waals surface area contributed by atoms with Gasteiger partial charge in [-0.1, -0.05) is 48.5 Å². The molecule has 0 fully saturated rings. The van der Waals surface area contributed by atoms with Gasteiger partial charge in [-0.3, -0.25) is 19.4 Å². The van der Waals surface area contributed by atoms with E-state index in [2.05, 4.69) is 15.6 Å². The summed E-state index contributed by atoms with van der Waals surface area (Å²) >= 11 is 0. The van der Waals surface area contributed by atoms with Gasteiger partial charge in [0, 0.05) is 18.0 Å². The van der Waals surface area contributed by atoms with E-state index in [0.717, 1.165) is 16.5 Å². The Balaban J connectivity index is 1.77. The zero-order chi connectivity index (χ0) is 27.7. The fourth-order valence-corrected chi connectivity index (χ4v) is 3.91. The van der Waals surface area contributed by atoms with Crippen LogP contribution in [0.2, 0.25) is 0 Å². The van der Waals surface area contributed by atoms with E-state index in [4.69, 9.17) is 4.74 Å². The standard InChI is InChI=1S/C29H33N3O6/c1-29(2,3)38-28(37)32-24(17-26(34)35)27(36)31-23(14-13-19-9-5-4-6-10-19)25(33)16-20-15-21-11-7-8-12-22(21)30-18-20/h4-12,15,18,23-24H,13-14,16-17H2,1-3H3,(H,31,36)(H,32,37)(H,34,35)/t23-,24+/m1/s1. The highest BCUT2D eigenvalue weighted by Gasteiger charge is 2.30. The van der Waals surface area contributed by atoms with Crippen LogP contribution in [-0.4, -0.2) is 51.5 Å². The molecule has 0 unspecified atom stereocenters. The zero-order valence-electron chi connectivity index (χ0n) is 21.8. The number of aryl methyl sites for hydroxylation is 1. The molecule has 9 nitrogen and oxygen atoms in total. The van der Waals surface area contributed by atoms with Crippen molar-refractivity contribution in [2.45, 2.75) is 64.1 Å². The number of carbonyl (C=O) groups is 4. The molecule has 0 saturated heterocycles. The van der Waals surface area contributed by atoms with Gasteiger partial charge < -0.3 is 20.5 Å². The van der Waals surface area contributed by atoms with Crippen LogP contribution in [0.1, 0.15) is 44.7 Å². The molecule has 9 heteroatoms. The van der Waals surface area contributed by atoms with Gasteiger partial charge in [0.25, 0.3) is 0 Å². The molecule has 0 aliphatic heterocycles. The highest BCUT2D eigenvalue weighted by atomic mass is 16.6. The van der Waals surface area contributed by atoms with Crippen LogP contribution >= 0.6 is 0 Å². The average molecular weight is 520 g/mol. The van der Waals surface area contributed by atoms with Crippen molar-refractivity contribution < 1.29 is 29.0 Å². The molecule has 2 atom stereocenters. The second kappa shape index (κ2) is 12.8. The predicted octanol–water partition coefficient (Wildman–Crippen LogP) is 3.83. The van der Waals surface area contributed by atoms with Crippen molar-refractivity contribution >= 4 is 34.7 Å². The van der Waals surface area contributed by atoms with Crippen molar-refractivity contribution in [2.75, 3.05) is 0 Å². The van der Waals surface area contributed by atoms with E-state index in [-0.39, 0.29) is 12.2 Å². The number of aliphatic carboxylic acids is 1. The Hall–Kier alpha value is -4.27. The number of benzene rings is 2. The summed E-state index contributed by atoms with van der Waals surface area (Å²) in [7, 11) is 0. The summed E-state index contributed by atoms with van der Waals surface area (Å²) in [4.78, 5) is 54.6. The Kier molecular flexibility index (Phi) is 9.54. The molecule has 0 aliphatic carbocycles. The van der Waals surface area contributed by atoms with Gasteiger partial charge in [0.05, 0.1) is 18.0 Å². The molecule has 200 valence electrons. The highest BCUT2D eigenvalue weighted by molar-refractivity contribution is 5.94. The van der Waals surface area contributed by atoms with Gasteiger partial charge in [-0.25, -0.2) is 4.79 Å². The van der Waals surface area contributed by atoms with Crippen molar-refractivity contribution in [3.8, 4) is 0 Å². The number of Topliss-reactive ketones (excluding diaryl/α,β-unsaturated/α-hetero) is 1. The van der Waals surface area contributed by atoms with E-state index in [9.17, 15) is 24.3 Å². The summed E-state index contributed by atoms with van der Waals surface area (Å²) in [6, 6.07) is 16.6. The fourth-order valence-electron chi connectivity index (χ4n) is 3.91. The molecule has 2 aromatic carbocycles. The van der Waals surface area contributed by atoms with E-state index < -0.39 is 42.1 Å². The Morgan fingerprint density at radius 1 is 0.921 bits per heavy atom. The van der Waals surface area contributed by atoms with Gasteiger partial charge in [-0.15, -0.1) is 0 Å². The van der Waals surface area contributed by atoms with Gasteiger partial charge >= 0.3 is 12.1 Å². The second-order valence-corrected chi connectivity index (χ2v) is 10.1. The quantitative estimate of drug-likeness (QED) is 0.350. The molecule has 2 amide bonds. The van der Waals surface area contributed by atoms with Crippen LogP contribution < -0.4 is 10.6 Å². The lowest BCUT2D eigenvalue weighted by molar-refractivity contribution is -0.140. The van der Waals surface area contributed by atoms with Crippen molar-refractivity contribution in [2.24, 2.45) is 0 Å². The summed E-state index contributed by atoms with van der Waals surface area (Å²) in [6.07, 6.45) is 0.875. The van der Waals surface area contributed by atoms with Gasteiger partial charge in [0.1, 0.15) is 11.6 Å². The normalized spacial score (nSPS) is 12.8. The minimum Gasteiger partial charge on any atom is -0.481 e. The Morgan fingerprint density at radius 2 is 1.61 bits per heavy atom. The number of carbonyl (C=O) groups excluding carboxylic acids is 3.